The average Bonchev–Trinajstić information content (AvgIpc) is 2.51. The minimum absolute atomic E-state index is 0.0410. The van der Waals surface area contributed by atoms with E-state index in [1.54, 1.807) is 17.1 Å². The van der Waals surface area contributed by atoms with Gasteiger partial charge in [0.15, 0.2) is 0 Å². The second kappa shape index (κ2) is 4.00. The largest absolute Gasteiger partial charge is 0.322 e. The number of hydrogen-bond donors (Lipinski definition) is 1. The predicted molar refractivity (Wildman–Crippen MR) is 56.6 cm³/mol. The first kappa shape index (κ1) is 11.0. The number of halogens is 1. The Morgan fingerprint density at radius 2 is 2.29 bits per heavy atom. The number of nitrogens with one attached hydrogen (secondary N) is 1. The Labute approximate surface area is 88.2 Å². The van der Waals surface area contributed by atoms with Crippen molar-refractivity contribution in [3.8, 4) is 0 Å². The molecule has 0 fully saturated rings. The molecular weight excluding hydrogens is 202 g/mol. The summed E-state index contributed by atoms with van der Waals surface area (Å²) in [5, 5.41) is 6.76. The maximum Gasteiger partial charge on any atom is 0.239 e. The average molecular weight is 216 g/mol. The zero-order valence-electron chi connectivity index (χ0n) is 8.54. The van der Waals surface area contributed by atoms with Crippen molar-refractivity contribution < 1.29 is 4.79 Å². The van der Waals surface area contributed by atoms with Crippen LogP contribution >= 0.6 is 11.6 Å². The van der Waals surface area contributed by atoms with E-state index in [1.807, 2.05) is 20.8 Å². The van der Waals surface area contributed by atoms with Crippen molar-refractivity contribution in [3.63, 3.8) is 0 Å². The van der Waals surface area contributed by atoms with Gasteiger partial charge in [0.05, 0.1) is 17.4 Å². The molecule has 0 spiro atoms. The minimum Gasteiger partial charge on any atom is -0.322 e. The van der Waals surface area contributed by atoms with Crippen LogP contribution in [0.4, 0.5) is 5.69 Å². The van der Waals surface area contributed by atoms with Crippen LogP contribution in [0.1, 0.15) is 20.8 Å². The fourth-order valence-electron chi connectivity index (χ4n) is 0.949. The van der Waals surface area contributed by atoms with Gasteiger partial charge in [-0.1, -0.05) is 0 Å². The molecule has 4 nitrogen and oxygen atoms in total. The summed E-state index contributed by atoms with van der Waals surface area (Å²) >= 11 is 5.36. The molecule has 0 saturated carbocycles. The number of rotatable bonds is 2. The summed E-state index contributed by atoms with van der Waals surface area (Å²) < 4.78 is 1.79. The SMILES string of the molecule is CC(C)(C)n1cc(NC(=O)CCl)cn1. The van der Waals surface area contributed by atoms with E-state index < -0.39 is 0 Å². The van der Waals surface area contributed by atoms with Gasteiger partial charge in [0.2, 0.25) is 5.91 Å². The quantitative estimate of drug-likeness (QED) is 0.765. The standard InChI is InChI=1S/C9H14ClN3O/c1-9(2,3)13-6-7(5-11-13)12-8(14)4-10/h5-6H,4H2,1-3H3,(H,12,14). The molecule has 14 heavy (non-hydrogen) atoms. The number of amides is 1. The number of alkyl halides is 1. The van der Waals surface area contributed by atoms with Crippen molar-refractivity contribution in [3.05, 3.63) is 12.4 Å². The molecule has 1 aromatic rings. The molecule has 1 rings (SSSR count). The summed E-state index contributed by atoms with van der Waals surface area (Å²) in [6.45, 7) is 6.10. The molecule has 0 saturated heterocycles. The van der Waals surface area contributed by atoms with Gasteiger partial charge >= 0.3 is 0 Å². The molecule has 1 heterocycles. The second-order valence-corrected chi connectivity index (χ2v) is 4.29. The Balaban J connectivity index is 2.74. The van der Waals surface area contributed by atoms with Crippen LogP contribution in [-0.2, 0) is 10.3 Å². The Bertz CT molecular complexity index is 327. The van der Waals surface area contributed by atoms with Crippen molar-refractivity contribution in [1.29, 1.82) is 0 Å². The van der Waals surface area contributed by atoms with E-state index in [1.165, 1.54) is 0 Å². The van der Waals surface area contributed by atoms with Gasteiger partial charge in [0.1, 0.15) is 5.88 Å². The number of anilines is 1. The highest BCUT2D eigenvalue weighted by molar-refractivity contribution is 6.29. The summed E-state index contributed by atoms with van der Waals surface area (Å²) in [5.74, 6) is -0.263. The maximum atomic E-state index is 11.0. The van der Waals surface area contributed by atoms with Crippen LogP contribution in [0, 0.1) is 0 Å². The zero-order valence-corrected chi connectivity index (χ0v) is 9.30. The first-order valence-corrected chi connectivity index (χ1v) is 4.88. The number of hydrogen-bond acceptors (Lipinski definition) is 2. The molecular formula is C9H14ClN3O. The van der Waals surface area contributed by atoms with Crippen LogP contribution in [0.25, 0.3) is 0 Å². The van der Waals surface area contributed by atoms with Gasteiger partial charge in [-0.05, 0) is 20.8 Å². The van der Waals surface area contributed by atoms with Gasteiger partial charge in [-0.15, -0.1) is 11.6 Å². The van der Waals surface area contributed by atoms with Crippen molar-refractivity contribution in [2.75, 3.05) is 11.2 Å². The molecule has 1 aromatic heterocycles. The molecule has 0 atom stereocenters. The molecule has 78 valence electrons. The van der Waals surface area contributed by atoms with Gasteiger partial charge in [-0.2, -0.15) is 5.10 Å². The number of carbonyl (C=O) groups excluding carboxylic acids is 1. The topological polar surface area (TPSA) is 46.9 Å². The highest BCUT2D eigenvalue weighted by atomic mass is 35.5. The third-order valence-electron chi connectivity index (χ3n) is 1.68. The summed E-state index contributed by atoms with van der Waals surface area (Å²) in [5.41, 5.74) is 0.592. The van der Waals surface area contributed by atoms with Gasteiger partial charge < -0.3 is 5.32 Å². The molecule has 0 aliphatic rings. The molecule has 0 bridgehead atoms. The van der Waals surface area contributed by atoms with Crippen molar-refractivity contribution in [2.24, 2.45) is 0 Å². The van der Waals surface area contributed by atoms with Crippen LogP contribution in [0.3, 0.4) is 0 Å². The van der Waals surface area contributed by atoms with Gasteiger partial charge in [-0.25, -0.2) is 0 Å². The fraction of sp³-hybridized carbons (Fsp3) is 0.556. The molecule has 1 N–H and O–H groups in total. The van der Waals surface area contributed by atoms with E-state index in [0.29, 0.717) is 5.69 Å². The van der Waals surface area contributed by atoms with Gasteiger partial charge in [0.25, 0.3) is 0 Å². The van der Waals surface area contributed by atoms with Crippen molar-refractivity contribution in [2.45, 2.75) is 26.3 Å². The summed E-state index contributed by atoms with van der Waals surface area (Å²) in [6.07, 6.45) is 3.39. The van der Waals surface area contributed by atoms with E-state index in [0.717, 1.165) is 0 Å². The Morgan fingerprint density at radius 1 is 1.64 bits per heavy atom. The molecule has 0 aromatic carbocycles. The lowest BCUT2D eigenvalue weighted by Gasteiger charge is -2.18. The van der Waals surface area contributed by atoms with E-state index in [4.69, 9.17) is 11.6 Å². The fourth-order valence-corrected chi connectivity index (χ4v) is 1.02. The van der Waals surface area contributed by atoms with Crippen LogP contribution in [-0.4, -0.2) is 21.6 Å². The third kappa shape index (κ3) is 2.73. The smallest absolute Gasteiger partial charge is 0.239 e. The molecule has 0 aliphatic carbocycles. The predicted octanol–water partition coefficient (Wildman–Crippen LogP) is 1.82. The number of carbonyl (C=O) groups is 1. The maximum absolute atomic E-state index is 11.0. The zero-order chi connectivity index (χ0) is 10.8. The summed E-state index contributed by atoms with van der Waals surface area (Å²) in [7, 11) is 0. The monoisotopic (exact) mass is 215 g/mol. The third-order valence-corrected chi connectivity index (χ3v) is 1.92. The Morgan fingerprint density at radius 3 is 2.71 bits per heavy atom. The normalized spacial score (nSPS) is 11.4. The molecule has 5 heteroatoms. The number of aromatic nitrogens is 2. The highest BCUT2D eigenvalue weighted by Crippen LogP contribution is 2.15. The molecule has 1 amide bonds. The Hall–Kier alpha value is -1.03. The molecule has 0 aliphatic heterocycles. The first-order valence-electron chi connectivity index (χ1n) is 4.34. The number of nitrogens with zero attached hydrogens (tertiary/aromatic N) is 2. The van der Waals surface area contributed by atoms with Crippen molar-refractivity contribution in [1.82, 2.24) is 9.78 Å². The minimum atomic E-state index is -0.222. The lowest BCUT2D eigenvalue weighted by molar-refractivity contribution is -0.113. The van der Waals surface area contributed by atoms with E-state index in [-0.39, 0.29) is 17.3 Å². The van der Waals surface area contributed by atoms with Crippen LogP contribution in [0.15, 0.2) is 12.4 Å². The Kier molecular flexibility index (Phi) is 3.16. The molecule has 0 unspecified atom stereocenters. The van der Waals surface area contributed by atoms with Crippen LogP contribution < -0.4 is 5.32 Å². The van der Waals surface area contributed by atoms with Gasteiger partial charge in [0, 0.05) is 6.20 Å². The van der Waals surface area contributed by atoms with Gasteiger partial charge in [-0.3, -0.25) is 9.48 Å². The van der Waals surface area contributed by atoms with Crippen LogP contribution in [0.5, 0.6) is 0 Å². The molecule has 0 radical (unpaired) electrons. The van der Waals surface area contributed by atoms with E-state index >= 15 is 0 Å². The first-order chi connectivity index (χ1) is 6.43. The summed E-state index contributed by atoms with van der Waals surface area (Å²) in [6, 6.07) is 0. The lowest BCUT2D eigenvalue weighted by atomic mass is 10.1. The van der Waals surface area contributed by atoms with E-state index in [9.17, 15) is 4.79 Å². The van der Waals surface area contributed by atoms with Crippen LogP contribution in [0.2, 0.25) is 0 Å². The van der Waals surface area contributed by atoms with E-state index in [2.05, 4.69) is 10.4 Å². The highest BCUT2D eigenvalue weighted by Gasteiger charge is 2.14. The lowest BCUT2D eigenvalue weighted by Crippen LogP contribution is -2.22. The van der Waals surface area contributed by atoms with Crippen molar-refractivity contribution >= 4 is 23.2 Å². The second-order valence-electron chi connectivity index (χ2n) is 4.03. The summed E-state index contributed by atoms with van der Waals surface area (Å²) in [4.78, 5) is 11.0.